The molecule has 12 heavy (non-hydrogen) atoms. The average Bonchev–Trinajstić information content (AvgIpc) is 2.48. The van der Waals surface area contributed by atoms with Gasteiger partial charge in [-0.25, -0.2) is 14.8 Å². The number of H-pyrrole nitrogens is 2. The van der Waals surface area contributed by atoms with Gasteiger partial charge in [-0.05, 0) is 0 Å². The maximum absolute atomic E-state index is 10.6. The minimum Gasteiger partial charge on any atom is -0.303 e. The Kier molecular flexibility index (Phi) is 2.57. The van der Waals surface area contributed by atoms with Crippen LogP contribution in [0.15, 0.2) is 17.3 Å². The van der Waals surface area contributed by atoms with Crippen LogP contribution in [0.1, 0.15) is 13.8 Å². The van der Waals surface area contributed by atoms with Crippen LogP contribution in [0.2, 0.25) is 0 Å². The molecule has 2 rings (SSSR count). The van der Waals surface area contributed by atoms with Gasteiger partial charge in [-0.2, -0.15) is 0 Å². The lowest BCUT2D eigenvalue weighted by molar-refractivity contribution is 1.18. The summed E-state index contributed by atoms with van der Waals surface area (Å²) in [6, 6.07) is 0. The standard InChI is InChI=1S/C5H4N4O.C2H6/c10-5-8-3-1-6-2-7-4(3)9-5;1-2/h1-2H,(H2,6,7,8,9,10);1-2H3. The average molecular weight is 166 g/mol. The highest BCUT2D eigenvalue weighted by Gasteiger charge is 1.94. The summed E-state index contributed by atoms with van der Waals surface area (Å²) in [7, 11) is 0. The quantitative estimate of drug-likeness (QED) is 0.604. The van der Waals surface area contributed by atoms with Crippen LogP contribution in [0.3, 0.4) is 0 Å². The Morgan fingerprint density at radius 3 is 2.75 bits per heavy atom. The lowest BCUT2D eigenvalue weighted by atomic mass is 10.6. The van der Waals surface area contributed by atoms with E-state index in [0.29, 0.717) is 11.2 Å². The topological polar surface area (TPSA) is 74.4 Å². The molecule has 0 spiro atoms. The third kappa shape index (κ3) is 1.50. The fraction of sp³-hybridized carbons (Fsp3) is 0.286. The molecule has 0 radical (unpaired) electrons. The molecule has 0 bridgehead atoms. The van der Waals surface area contributed by atoms with Gasteiger partial charge in [0.25, 0.3) is 0 Å². The number of nitrogens with one attached hydrogen (secondary N) is 2. The lowest BCUT2D eigenvalue weighted by Gasteiger charge is -1.80. The molecular weight excluding hydrogens is 156 g/mol. The van der Waals surface area contributed by atoms with E-state index in [2.05, 4.69) is 19.9 Å². The maximum Gasteiger partial charge on any atom is 0.325 e. The van der Waals surface area contributed by atoms with Crippen LogP contribution in [0.25, 0.3) is 11.2 Å². The first-order valence-corrected chi connectivity index (χ1v) is 3.74. The number of aromatic amines is 2. The Balaban J connectivity index is 0.000000336. The summed E-state index contributed by atoms with van der Waals surface area (Å²) in [4.78, 5) is 23.2. The molecule has 0 amide bonds. The van der Waals surface area contributed by atoms with Crippen molar-refractivity contribution in [3.63, 3.8) is 0 Å². The second-order valence-electron chi connectivity index (χ2n) is 1.86. The van der Waals surface area contributed by atoms with Crippen LogP contribution < -0.4 is 5.69 Å². The predicted octanol–water partition coefficient (Wildman–Crippen LogP) is 0.672. The van der Waals surface area contributed by atoms with Crippen LogP contribution in [0, 0.1) is 0 Å². The molecular formula is C7H10N4O. The number of imidazole rings is 1. The summed E-state index contributed by atoms with van der Waals surface area (Å²) < 4.78 is 0. The lowest BCUT2D eigenvalue weighted by Crippen LogP contribution is -1.99. The van der Waals surface area contributed by atoms with E-state index in [4.69, 9.17) is 0 Å². The van der Waals surface area contributed by atoms with Crippen molar-refractivity contribution >= 4 is 11.2 Å². The molecule has 0 aliphatic heterocycles. The summed E-state index contributed by atoms with van der Waals surface area (Å²) in [5, 5.41) is 0. The monoisotopic (exact) mass is 166 g/mol. The van der Waals surface area contributed by atoms with Crippen molar-refractivity contribution in [2.45, 2.75) is 13.8 Å². The number of rotatable bonds is 0. The van der Waals surface area contributed by atoms with Gasteiger partial charge in [0.05, 0.1) is 6.20 Å². The SMILES string of the molecule is CC.O=c1[nH]c2cncnc2[nH]1. The molecule has 5 heteroatoms. The molecule has 0 saturated heterocycles. The Bertz CT molecular complexity index is 367. The van der Waals surface area contributed by atoms with Crippen molar-refractivity contribution in [3.05, 3.63) is 23.0 Å². The van der Waals surface area contributed by atoms with Crippen molar-refractivity contribution in [1.82, 2.24) is 19.9 Å². The molecule has 2 N–H and O–H groups in total. The van der Waals surface area contributed by atoms with Gasteiger partial charge >= 0.3 is 5.69 Å². The molecule has 64 valence electrons. The fourth-order valence-corrected chi connectivity index (χ4v) is 0.782. The number of hydrogen-bond donors (Lipinski definition) is 2. The van der Waals surface area contributed by atoms with Gasteiger partial charge in [0.15, 0.2) is 5.65 Å². The van der Waals surface area contributed by atoms with Crippen molar-refractivity contribution in [2.75, 3.05) is 0 Å². The Morgan fingerprint density at radius 1 is 1.33 bits per heavy atom. The Labute approximate surface area is 68.9 Å². The van der Waals surface area contributed by atoms with E-state index >= 15 is 0 Å². The van der Waals surface area contributed by atoms with Crippen LogP contribution in [0.5, 0.6) is 0 Å². The molecule has 0 aliphatic carbocycles. The van der Waals surface area contributed by atoms with E-state index in [1.54, 1.807) is 6.20 Å². The predicted molar refractivity (Wildman–Crippen MR) is 45.9 cm³/mol. The highest BCUT2D eigenvalue weighted by Crippen LogP contribution is 1.96. The van der Waals surface area contributed by atoms with Crippen molar-refractivity contribution in [3.8, 4) is 0 Å². The first-order chi connectivity index (χ1) is 5.86. The van der Waals surface area contributed by atoms with Crippen LogP contribution in [-0.4, -0.2) is 19.9 Å². The van der Waals surface area contributed by atoms with Gasteiger partial charge in [-0.15, -0.1) is 0 Å². The van der Waals surface area contributed by atoms with Crippen molar-refractivity contribution < 1.29 is 0 Å². The van der Waals surface area contributed by atoms with Gasteiger partial charge in [0, 0.05) is 0 Å². The Hall–Kier alpha value is -1.65. The van der Waals surface area contributed by atoms with Gasteiger partial charge in [-0.3, -0.25) is 4.98 Å². The van der Waals surface area contributed by atoms with E-state index in [1.807, 2.05) is 13.8 Å². The second-order valence-corrected chi connectivity index (χ2v) is 1.86. The number of aromatic nitrogens is 4. The summed E-state index contributed by atoms with van der Waals surface area (Å²) in [6.45, 7) is 4.00. The first kappa shape index (κ1) is 8.45. The van der Waals surface area contributed by atoms with E-state index in [1.165, 1.54) is 6.33 Å². The summed E-state index contributed by atoms with van der Waals surface area (Å²) >= 11 is 0. The summed E-state index contributed by atoms with van der Waals surface area (Å²) in [5.41, 5.74) is 0.919. The zero-order valence-electron chi connectivity index (χ0n) is 6.96. The van der Waals surface area contributed by atoms with Crippen LogP contribution >= 0.6 is 0 Å². The number of hydrogen-bond acceptors (Lipinski definition) is 3. The normalized spacial score (nSPS) is 9.17. The fourth-order valence-electron chi connectivity index (χ4n) is 0.782. The molecule has 0 fully saturated rings. The van der Waals surface area contributed by atoms with Gasteiger partial charge < -0.3 is 4.98 Å². The number of fused-ring (bicyclic) bond motifs is 1. The third-order valence-corrected chi connectivity index (χ3v) is 1.19. The first-order valence-electron chi connectivity index (χ1n) is 3.74. The molecule has 5 nitrogen and oxygen atoms in total. The molecule has 0 saturated carbocycles. The Morgan fingerprint density at radius 2 is 2.08 bits per heavy atom. The molecule has 0 unspecified atom stereocenters. The smallest absolute Gasteiger partial charge is 0.303 e. The zero-order valence-corrected chi connectivity index (χ0v) is 6.96. The maximum atomic E-state index is 10.6. The molecule has 0 atom stereocenters. The van der Waals surface area contributed by atoms with Crippen LogP contribution in [-0.2, 0) is 0 Å². The van der Waals surface area contributed by atoms with Gasteiger partial charge in [0.1, 0.15) is 11.8 Å². The van der Waals surface area contributed by atoms with Crippen molar-refractivity contribution in [2.24, 2.45) is 0 Å². The highest BCUT2D eigenvalue weighted by atomic mass is 16.1. The minimum atomic E-state index is -0.254. The van der Waals surface area contributed by atoms with E-state index in [9.17, 15) is 4.79 Å². The van der Waals surface area contributed by atoms with Crippen LogP contribution in [0.4, 0.5) is 0 Å². The second kappa shape index (κ2) is 3.66. The largest absolute Gasteiger partial charge is 0.325 e. The molecule has 0 aliphatic rings. The summed E-state index contributed by atoms with van der Waals surface area (Å²) in [5.74, 6) is 0. The van der Waals surface area contributed by atoms with E-state index < -0.39 is 0 Å². The molecule has 2 heterocycles. The molecule has 0 aromatic carbocycles. The summed E-state index contributed by atoms with van der Waals surface area (Å²) in [6.07, 6.45) is 2.92. The van der Waals surface area contributed by atoms with Gasteiger partial charge in [-0.1, -0.05) is 13.8 Å². The third-order valence-electron chi connectivity index (χ3n) is 1.19. The molecule has 2 aromatic rings. The van der Waals surface area contributed by atoms with Gasteiger partial charge in [0.2, 0.25) is 0 Å². The van der Waals surface area contributed by atoms with E-state index in [0.717, 1.165) is 0 Å². The molecule has 2 aromatic heterocycles. The minimum absolute atomic E-state index is 0.254. The highest BCUT2D eigenvalue weighted by molar-refractivity contribution is 5.67. The number of nitrogens with zero attached hydrogens (tertiary/aromatic N) is 2. The van der Waals surface area contributed by atoms with E-state index in [-0.39, 0.29) is 5.69 Å². The zero-order chi connectivity index (χ0) is 8.97. The van der Waals surface area contributed by atoms with Crippen molar-refractivity contribution in [1.29, 1.82) is 0 Å².